The summed E-state index contributed by atoms with van der Waals surface area (Å²) in [5.74, 6) is -0.681. The quantitative estimate of drug-likeness (QED) is 0.271. The molecule has 2 heterocycles. The van der Waals surface area contributed by atoms with Crippen LogP contribution >= 0.6 is 23.4 Å². The van der Waals surface area contributed by atoms with Gasteiger partial charge in [0.25, 0.3) is 5.91 Å². The smallest absolute Gasteiger partial charge is 0.341 e. The number of fused-ring (bicyclic) bond motifs is 1. The van der Waals surface area contributed by atoms with Crippen molar-refractivity contribution in [3.63, 3.8) is 0 Å². The van der Waals surface area contributed by atoms with Gasteiger partial charge in [-0.3, -0.25) is 14.6 Å². The van der Waals surface area contributed by atoms with Crippen molar-refractivity contribution in [2.24, 2.45) is 10.9 Å². The number of carbonyl (C=O) groups is 3. The van der Waals surface area contributed by atoms with Crippen LogP contribution in [0.2, 0.25) is 5.02 Å². The van der Waals surface area contributed by atoms with E-state index in [9.17, 15) is 14.4 Å². The van der Waals surface area contributed by atoms with Crippen LogP contribution < -0.4 is 15.5 Å². The molecule has 0 atom stereocenters. The van der Waals surface area contributed by atoms with Gasteiger partial charge in [-0.05, 0) is 73.5 Å². The fourth-order valence-corrected chi connectivity index (χ4v) is 5.45. The minimum Gasteiger partial charge on any atom is -0.462 e. The second-order valence-corrected chi connectivity index (χ2v) is 11.1. The Bertz CT molecular complexity index is 1580. The predicted molar refractivity (Wildman–Crippen MR) is 160 cm³/mol. The second-order valence-electron chi connectivity index (χ2n) is 9.68. The summed E-state index contributed by atoms with van der Waals surface area (Å²) in [6, 6.07) is 10.7. The molecule has 3 aromatic rings. The Morgan fingerprint density at radius 3 is 2.75 bits per heavy atom. The number of hydrogen-bond donors (Lipinski definition) is 2. The molecule has 1 aliphatic heterocycles. The van der Waals surface area contributed by atoms with E-state index in [1.54, 1.807) is 31.2 Å². The fourth-order valence-electron chi connectivity index (χ4n) is 4.46. The number of carbonyl (C=O) groups excluding carboxylic acids is 3. The van der Waals surface area contributed by atoms with Crippen LogP contribution in [-0.4, -0.2) is 48.6 Å². The number of amides is 2. The Kier molecular flexibility index (Phi) is 8.09. The van der Waals surface area contributed by atoms with Gasteiger partial charge in [0.1, 0.15) is 5.56 Å². The zero-order valence-corrected chi connectivity index (χ0v) is 23.9. The highest BCUT2D eigenvalue weighted by Crippen LogP contribution is 2.35. The van der Waals surface area contributed by atoms with E-state index in [1.807, 2.05) is 37.2 Å². The molecule has 2 aromatic carbocycles. The molecule has 2 amide bonds. The third kappa shape index (κ3) is 5.83. The molecular weight excluding hydrogens is 550 g/mol. The van der Waals surface area contributed by atoms with E-state index in [4.69, 9.17) is 16.3 Å². The Hall–Kier alpha value is -3.89. The fraction of sp³-hybridized carbons (Fsp3) is 0.276. The van der Waals surface area contributed by atoms with E-state index in [1.165, 1.54) is 18.0 Å². The van der Waals surface area contributed by atoms with Crippen molar-refractivity contribution >= 4 is 80.4 Å². The maximum absolute atomic E-state index is 12.8. The first-order valence-electron chi connectivity index (χ1n) is 12.9. The van der Waals surface area contributed by atoms with Crippen molar-refractivity contribution in [1.29, 1.82) is 0 Å². The number of aliphatic imine (C=N–C) groups is 1. The molecule has 40 heavy (non-hydrogen) atoms. The van der Waals surface area contributed by atoms with Crippen LogP contribution in [0.4, 0.5) is 17.1 Å². The molecule has 1 aliphatic carbocycles. The lowest BCUT2D eigenvalue weighted by Gasteiger charge is -2.24. The van der Waals surface area contributed by atoms with E-state index in [2.05, 4.69) is 20.6 Å². The largest absolute Gasteiger partial charge is 0.462 e. The molecule has 2 aliphatic rings. The second kappa shape index (κ2) is 11.7. The van der Waals surface area contributed by atoms with Gasteiger partial charge >= 0.3 is 5.97 Å². The number of thioether (sulfide) groups is 1. The molecule has 11 heteroatoms. The Morgan fingerprint density at radius 1 is 1.25 bits per heavy atom. The van der Waals surface area contributed by atoms with Crippen LogP contribution in [0.5, 0.6) is 0 Å². The Balaban J connectivity index is 1.41. The number of amidine groups is 1. The summed E-state index contributed by atoms with van der Waals surface area (Å²) in [4.78, 5) is 49.0. The average Bonchev–Trinajstić information content (AvgIpc) is 3.22. The van der Waals surface area contributed by atoms with E-state index in [0.717, 1.165) is 30.2 Å². The number of anilines is 2. The Morgan fingerprint density at radius 2 is 2.05 bits per heavy atom. The minimum atomic E-state index is -0.443. The molecule has 0 unspecified atom stereocenters. The van der Waals surface area contributed by atoms with Gasteiger partial charge in [0.15, 0.2) is 5.17 Å². The lowest BCUT2D eigenvalue weighted by Crippen LogP contribution is -2.27. The highest BCUT2D eigenvalue weighted by molar-refractivity contribution is 8.18. The molecule has 2 N–H and O–H groups in total. The number of nitrogens with zero attached hydrogens (tertiary/aromatic N) is 3. The zero-order valence-electron chi connectivity index (χ0n) is 22.3. The van der Waals surface area contributed by atoms with Gasteiger partial charge in [0.05, 0.1) is 33.4 Å². The maximum atomic E-state index is 12.8. The van der Waals surface area contributed by atoms with E-state index in [-0.39, 0.29) is 24.3 Å². The molecule has 1 saturated carbocycles. The first-order valence-corrected chi connectivity index (χ1v) is 14.1. The van der Waals surface area contributed by atoms with Crippen LogP contribution in [0, 0.1) is 5.92 Å². The number of ether oxygens (including phenoxy) is 1. The van der Waals surface area contributed by atoms with Gasteiger partial charge in [0.2, 0.25) is 5.91 Å². The molecular formula is C29H28ClN5O4S. The van der Waals surface area contributed by atoms with Crippen molar-refractivity contribution in [2.45, 2.75) is 26.2 Å². The summed E-state index contributed by atoms with van der Waals surface area (Å²) < 4.78 is 5.22. The molecule has 0 spiro atoms. The summed E-state index contributed by atoms with van der Waals surface area (Å²) in [7, 11) is 3.70. The van der Waals surface area contributed by atoms with E-state index in [0.29, 0.717) is 43.2 Å². The van der Waals surface area contributed by atoms with E-state index >= 15 is 0 Å². The summed E-state index contributed by atoms with van der Waals surface area (Å²) in [5, 5.41) is 7.24. The lowest BCUT2D eigenvalue weighted by molar-refractivity contribution is -0.122. The number of aromatic nitrogens is 1. The highest BCUT2D eigenvalue weighted by atomic mass is 35.5. The number of pyridine rings is 1. The van der Waals surface area contributed by atoms with Crippen molar-refractivity contribution in [2.75, 3.05) is 30.9 Å². The zero-order chi connectivity index (χ0) is 28.4. The molecule has 1 aromatic heterocycles. The van der Waals surface area contributed by atoms with Crippen LogP contribution in [0.1, 0.15) is 42.1 Å². The van der Waals surface area contributed by atoms with Gasteiger partial charge in [-0.25, -0.2) is 9.79 Å². The number of esters is 1. The summed E-state index contributed by atoms with van der Waals surface area (Å²) in [6.07, 6.45) is 6.17. The van der Waals surface area contributed by atoms with Crippen molar-refractivity contribution in [3.8, 4) is 0 Å². The normalized spacial score (nSPS) is 17.1. The van der Waals surface area contributed by atoms with Crippen LogP contribution in [-0.2, 0) is 14.3 Å². The van der Waals surface area contributed by atoms with Crippen LogP contribution in [0.25, 0.3) is 17.0 Å². The average molecular weight is 578 g/mol. The molecule has 5 rings (SSSR count). The standard InChI is InChI=1S/C29H28ClN5O4S/c1-4-39-28(38)20-15-31-22-11-8-16(12-19(22)25(20)35(2)3)13-24-27(37)34-29(40-24)33-23-14-18(9-10-21(23)30)32-26(36)17-6-5-7-17/h8-15,17H,4-7H2,1-3H3,(H,32,36)(H,33,34,37)/b24-13-. The summed E-state index contributed by atoms with van der Waals surface area (Å²) >= 11 is 7.56. The molecule has 0 radical (unpaired) electrons. The predicted octanol–water partition coefficient (Wildman–Crippen LogP) is 5.76. The summed E-state index contributed by atoms with van der Waals surface area (Å²) in [5.41, 5.74) is 3.58. The molecule has 206 valence electrons. The van der Waals surface area contributed by atoms with Gasteiger partial charge in [-0.1, -0.05) is 24.1 Å². The van der Waals surface area contributed by atoms with Gasteiger partial charge in [-0.15, -0.1) is 0 Å². The van der Waals surface area contributed by atoms with Crippen LogP contribution in [0.15, 0.2) is 52.5 Å². The minimum absolute atomic E-state index is 0.00155. The van der Waals surface area contributed by atoms with Crippen molar-refractivity contribution in [1.82, 2.24) is 10.3 Å². The topological polar surface area (TPSA) is 113 Å². The first-order chi connectivity index (χ1) is 19.2. The lowest BCUT2D eigenvalue weighted by atomic mass is 9.85. The van der Waals surface area contributed by atoms with E-state index < -0.39 is 5.97 Å². The SMILES string of the molecule is CCOC(=O)c1cnc2ccc(/C=C3\SC(=Nc4cc(NC(=O)C5CCC5)ccc4Cl)NC3=O)cc2c1N(C)C. The number of hydrogen-bond acceptors (Lipinski definition) is 8. The number of rotatable bonds is 7. The van der Waals surface area contributed by atoms with Crippen molar-refractivity contribution in [3.05, 3.63) is 63.6 Å². The third-order valence-electron chi connectivity index (χ3n) is 6.67. The maximum Gasteiger partial charge on any atom is 0.341 e. The number of halogens is 1. The molecule has 9 nitrogen and oxygen atoms in total. The van der Waals surface area contributed by atoms with Gasteiger partial charge in [0, 0.05) is 37.3 Å². The number of nitrogens with one attached hydrogen (secondary N) is 2. The molecule has 2 fully saturated rings. The molecule has 1 saturated heterocycles. The van der Waals surface area contributed by atoms with Gasteiger partial charge < -0.3 is 20.3 Å². The monoisotopic (exact) mass is 577 g/mol. The Labute approximate surface area is 241 Å². The number of benzene rings is 2. The van der Waals surface area contributed by atoms with Crippen molar-refractivity contribution < 1.29 is 19.1 Å². The molecule has 0 bridgehead atoms. The van der Waals surface area contributed by atoms with Crippen LogP contribution in [0.3, 0.4) is 0 Å². The van der Waals surface area contributed by atoms with Gasteiger partial charge in [-0.2, -0.15) is 0 Å². The highest BCUT2D eigenvalue weighted by Gasteiger charge is 2.26. The third-order valence-corrected chi connectivity index (χ3v) is 7.90. The summed E-state index contributed by atoms with van der Waals surface area (Å²) in [6.45, 7) is 2.02. The first kappa shape index (κ1) is 27.7.